The molecule has 0 spiro atoms. The number of nitrogens with two attached hydrogens (primary N) is 1. The quantitative estimate of drug-likeness (QED) is 0.800. The minimum atomic E-state index is 0.448. The summed E-state index contributed by atoms with van der Waals surface area (Å²) >= 11 is 0. The summed E-state index contributed by atoms with van der Waals surface area (Å²) in [5.41, 5.74) is 6.36. The van der Waals surface area contributed by atoms with Crippen LogP contribution in [0.1, 0.15) is 12.1 Å². The van der Waals surface area contributed by atoms with Crippen LogP contribution in [0.5, 0.6) is 5.88 Å². The standard InChI is InChI=1S/C11H16N2O2/c12-6-10-2-1-3-11(13-10)15-8-9-4-5-14-7-9/h1-3,9H,4-8,12H2. The van der Waals surface area contributed by atoms with Crippen molar-refractivity contribution in [2.75, 3.05) is 19.8 Å². The van der Waals surface area contributed by atoms with Crippen molar-refractivity contribution in [3.63, 3.8) is 0 Å². The Kier molecular flexibility index (Phi) is 3.53. The van der Waals surface area contributed by atoms with E-state index in [2.05, 4.69) is 4.98 Å². The first kappa shape index (κ1) is 10.4. The van der Waals surface area contributed by atoms with Crippen molar-refractivity contribution in [2.24, 2.45) is 11.7 Å². The Balaban J connectivity index is 1.86. The smallest absolute Gasteiger partial charge is 0.213 e. The van der Waals surface area contributed by atoms with Gasteiger partial charge in [-0.3, -0.25) is 0 Å². The molecule has 1 aliphatic rings. The van der Waals surface area contributed by atoms with Crippen LogP contribution in [0.25, 0.3) is 0 Å². The number of hydrogen-bond donors (Lipinski definition) is 1. The van der Waals surface area contributed by atoms with Crippen molar-refractivity contribution in [2.45, 2.75) is 13.0 Å². The molecule has 4 heteroatoms. The summed E-state index contributed by atoms with van der Waals surface area (Å²) in [5, 5.41) is 0. The van der Waals surface area contributed by atoms with Gasteiger partial charge in [-0.05, 0) is 12.5 Å². The van der Waals surface area contributed by atoms with Crippen molar-refractivity contribution < 1.29 is 9.47 Å². The summed E-state index contributed by atoms with van der Waals surface area (Å²) in [6.07, 6.45) is 1.08. The number of aromatic nitrogens is 1. The molecule has 0 aliphatic carbocycles. The lowest BCUT2D eigenvalue weighted by molar-refractivity contribution is 0.165. The van der Waals surface area contributed by atoms with Gasteiger partial charge in [-0.1, -0.05) is 6.07 Å². The van der Waals surface area contributed by atoms with Crippen molar-refractivity contribution in [3.05, 3.63) is 23.9 Å². The highest BCUT2D eigenvalue weighted by molar-refractivity contribution is 5.15. The van der Waals surface area contributed by atoms with Gasteiger partial charge >= 0.3 is 0 Å². The number of hydrogen-bond acceptors (Lipinski definition) is 4. The third-order valence-electron chi connectivity index (χ3n) is 2.48. The van der Waals surface area contributed by atoms with Crippen molar-refractivity contribution in [1.82, 2.24) is 4.98 Å². The van der Waals surface area contributed by atoms with Gasteiger partial charge in [0.1, 0.15) is 0 Å². The Morgan fingerprint density at radius 1 is 1.53 bits per heavy atom. The van der Waals surface area contributed by atoms with Crippen molar-refractivity contribution >= 4 is 0 Å². The summed E-state index contributed by atoms with van der Waals surface area (Å²) in [6.45, 7) is 2.78. The van der Waals surface area contributed by atoms with E-state index in [0.29, 0.717) is 24.9 Å². The van der Waals surface area contributed by atoms with Crippen LogP contribution in [0.4, 0.5) is 0 Å². The molecule has 0 aromatic carbocycles. The SMILES string of the molecule is NCc1cccc(OCC2CCOC2)n1. The van der Waals surface area contributed by atoms with Crippen LogP contribution >= 0.6 is 0 Å². The second-order valence-corrected chi connectivity index (χ2v) is 3.71. The van der Waals surface area contributed by atoms with Crippen LogP contribution < -0.4 is 10.5 Å². The number of ether oxygens (including phenoxy) is 2. The normalized spacial score (nSPS) is 20.5. The molecule has 1 aliphatic heterocycles. The number of pyridine rings is 1. The zero-order valence-electron chi connectivity index (χ0n) is 8.69. The first-order valence-electron chi connectivity index (χ1n) is 5.25. The second kappa shape index (κ2) is 5.09. The lowest BCUT2D eigenvalue weighted by Crippen LogP contribution is -2.12. The Morgan fingerprint density at radius 3 is 3.20 bits per heavy atom. The third kappa shape index (κ3) is 2.91. The molecule has 1 unspecified atom stereocenters. The highest BCUT2D eigenvalue weighted by Gasteiger charge is 2.16. The molecule has 2 rings (SSSR count). The van der Waals surface area contributed by atoms with Gasteiger partial charge in [0, 0.05) is 25.1 Å². The molecule has 0 saturated carbocycles. The van der Waals surface area contributed by atoms with Crippen LogP contribution in [-0.4, -0.2) is 24.8 Å². The zero-order valence-corrected chi connectivity index (χ0v) is 8.69. The fourth-order valence-electron chi connectivity index (χ4n) is 1.57. The van der Waals surface area contributed by atoms with E-state index in [1.54, 1.807) is 0 Å². The summed E-state index contributed by atoms with van der Waals surface area (Å²) in [4.78, 5) is 4.26. The lowest BCUT2D eigenvalue weighted by atomic mass is 10.1. The molecule has 2 N–H and O–H groups in total. The van der Waals surface area contributed by atoms with E-state index in [4.69, 9.17) is 15.2 Å². The Morgan fingerprint density at radius 2 is 2.47 bits per heavy atom. The topological polar surface area (TPSA) is 57.4 Å². The maximum absolute atomic E-state index is 5.59. The predicted octanol–water partition coefficient (Wildman–Crippen LogP) is 0.956. The summed E-state index contributed by atoms with van der Waals surface area (Å²) in [5.74, 6) is 1.16. The largest absolute Gasteiger partial charge is 0.477 e. The van der Waals surface area contributed by atoms with Gasteiger partial charge in [-0.2, -0.15) is 0 Å². The Bertz CT molecular complexity index is 311. The fraction of sp³-hybridized carbons (Fsp3) is 0.545. The summed E-state index contributed by atoms with van der Waals surface area (Å²) < 4.78 is 10.9. The molecule has 82 valence electrons. The van der Waals surface area contributed by atoms with Gasteiger partial charge in [0.05, 0.1) is 18.9 Å². The van der Waals surface area contributed by atoms with E-state index in [1.807, 2.05) is 18.2 Å². The highest BCUT2D eigenvalue weighted by atomic mass is 16.5. The van der Waals surface area contributed by atoms with E-state index >= 15 is 0 Å². The third-order valence-corrected chi connectivity index (χ3v) is 2.48. The molecule has 4 nitrogen and oxygen atoms in total. The predicted molar refractivity (Wildman–Crippen MR) is 56.5 cm³/mol. The minimum absolute atomic E-state index is 0.448. The minimum Gasteiger partial charge on any atom is -0.477 e. The molecular weight excluding hydrogens is 192 g/mol. The second-order valence-electron chi connectivity index (χ2n) is 3.71. The molecule has 0 radical (unpaired) electrons. The van der Waals surface area contributed by atoms with Crippen molar-refractivity contribution in [3.8, 4) is 5.88 Å². The fourth-order valence-corrected chi connectivity index (χ4v) is 1.57. The molecule has 15 heavy (non-hydrogen) atoms. The van der Waals surface area contributed by atoms with Gasteiger partial charge in [-0.15, -0.1) is 0 Å². The highest BCUT2D eigenvalue weighted by Crippen LogP contribution is 2.14. The van der Waals surface area contributed by atoms with E-state index in [9.17, 15) is 0 Å². The average Bonchev–Trinajstić information content (AvgIpc) is 2.79. The number of rotatable bonds is 4. The Labute approximate surface area is 89.4 Å². The van der Waals surface area contributed by atoms with Crippen molar-refractivity contribution in [1.29, 1.82) is 0 Å². The van der Waals surface area contributed by atoms with Gasteiger partial charge in [-0.25, -0.2) is 4.98 Å². The summed E-state index contributed by atoms with van der Waals surface area (Å²) in [6, 6.07) is 5.66. The van der Waals surface area contributed by atoms with Gasteiger partial charge in [0.2, 0.25) is 5.88 Å². The zero-order chi connectivity index (χ0) is 10.5. The van der Waals surface area contributed by atoms with Gasteiger partial charge < -0.3 is 15.2 Å². The van der Waals surface area contributed by atoms with Gasteiger partial charge in [0.15, 0.2) is 0 Å². The molecule has 0 amide bonds. The van der Waals surface area contributed by atoms with Gasteiger partial charge in [0.25, 0.3) is 0 Å². The Hall–Kier alpha value is -1.13. The molecule has 1 atom stereocenters. The van der Waals surface area contributed by atoms with E-state index in [-0.39, 0.29) is 0 Å². The van der Waals surface area contributed by atoms with Crippen LogP contribution in [0.3, 0.4) is 0 Å². The maximum Gasteiger partial charge on any atom is 0.213 e. The molecule has 2 heterocycles. The molecule has 1 saturated heterocycles. The molecule has 1 aromatic heterocycles. The van der Waals surface area contributed by atoms with Crippen LogP contribution in [0.15, 0.2) is 18.2 Å². The molecular formula is C11H16N2O2. The van der Waals surface area contributed by atoms with Crippen LogP contribution in [-0.2, 0) is 11.3 Å². The lowest BCUT2D eigenvalue weighted by Gasteiger charge is -2.09. The van der Waals surface area contributed by atoms with Crippen LogP contribution in [0, 0.1) is 5.92 Å². The van der Waals surface area contributed by atoms with Crippen LogP contribution in [0.2, 0.25) is 0 Å². The first-order chi connectivity index (χ1) is 7.38. The number of nitrogens with zero attached hydrogens (tertiary/aromatic N) is 1. The van der Waals surface area contributed by atoms with E-state index in [1.165, 1.54) is 0 Å². The summed E-state index contributed by atoms with van der Waals surface area (Å²) in [7, 11) is 0. The van der Waals surface area contributed by atoms with E-state index < -0.39 is 0 Å². The average molecular weight is 208 g/mol. The molecule has 1 fully saturated rings. The molecule has 0 bridgehead atoms. The monoisotopic (exact) mass is 208 g/mol. The first-order valence-corrected chi connectivity index (χ1v) is 5.25. The van der Waals surface area contributed by atoms with E-state index in [0.717, 1.165) is 25.3 Å². The maximum atomic E-state index is 5.59. The molecule has 1 aromatic rings.